The van der Waals surface area contributed by atoms with Gasteiger partial charge in [-0.15, -0.1) is 0 Å². The highest BCUT2D eigenvalue weighted by Gasteiger charge is 2.33. The third-order valence-corrected chi connectivity index (χ3v) is 3.45. The zero-order valence-corrected chi connectivity index (χ0v) is 9.46. The summed E-state index contributed by atoms with van der Waals surface area (Å²) in [5.41, 5.74) is 0. The van der Waals surface area contributed by atoms with Gasteiger partial charge in [-0.3, -0.25) is 0 Å². The van der Waals surface area contributed by atoms with Crippen LogP contribution in [0, 0.1) is 11.8 Å². The van der Waals surface area contributed by atoms with Crippen molar-refractivity contribution in [2.75, 3.05) is 13.2 Å². The Labute approximate surface area is 87.4 Å². The van der Waals surface area contributed by atoms with Gasteiger partial charge < -0.3 is 10.1 Å². The molecule has 1 aliphatic carbocycles. The number of hydrogen-bond donors (Lipinski definition) is 1. The van der Waals surface area contributed by atoms with Crippen molar-refractivity contribution in [3.63, 3.8) is 0 Å². The second-order valence-corrected chi connectivity index (χ2v) is 5.15. The van der Waals surface area contributed by atoms with E-state index in [4.69, 9.17) is 4.74 Å². The van der Waals surface area contributed by atoms with Gasteiger partial charge in [-0.1, -0.05) is 13.8 Å². The van der Waals surface area contributed by atoms with Crippen LogP contribution in [0.1, 0.15) is 39.5 Å². The Kier molecular flexibility index (Phi) is 3.45. The molecule has 0 aromatic heterocycles. The molecule has 0 amide bonds. The quantitative estimate of drug-likeness (QED) is 0.729. The van der Waals surface area contributed by atoms with E-state index >= 15 is 0 Å². The van der Waals surface area contributed by atoms with Crippen molar-refractivity contribution >= 4 is 0 Å². The van der Waals surface area contributed by atoms with Gasteiger partial charge in [0.1, 0.15) is 0 Å². The second-order valence-electron chi connectivity index (χ2n) is 5.15. The van der Waals surface area contributed by atoms with Gasteiger partial charge in [-0.05, 0) is 37.5 Å². The zero-order valence-electron chi connectivity index (χ0n) is 9.46. The van der Waals surface area contributed by atoms with Gasteiger partial charge in [0.25, 0.3) is 0 Å². The van der Waals surface area contributed by atoms with Gasteiger partial charge >= 0.3 is 0 Å². The molecule has 0 aromatic rings. The highest BCUT2D eigenvalue weighted by atomic mass is 16.5. The zero-order chi connectivity index (χ0) is 9.97. The third-order valence-electron chi connectivity index (χ3n) is 3.45. The smallest absolute Gasteiger partial charge is 0.0700 e. The van der Waals surface area contributed by atoms with Crippen LogP contribution < -0.4 is 5.32 Å². The van der Waals surface area contributed by atoms with Crippen LogP contribution >= 0.6 is 0 Å². The van der Waals surface area contributed by atoms with Crippen molar-refractivity contribution in [1.82, 2.24) is 5.32 Å². The van der Waals surface area contributed by atoms with Crippen LogP contribution in [0.3, 0.4) is 0 Å². The first-order valence-electron chi connectivity index (χ1n) is 6.12. The largest absolute Gasteiger partial charge is 0.377 e. The first-order chi connectivity index (χ1) is 6.77. The van der Waals surface area contributed by atoms with Gasteiger partial charge in [0.2, 0.25) is 0 Å². The number of ether oxygens (including phenoxy) is 1. The molecule has 2 rings (SSSR count). The maximum Gasteiger partial charge on any atom is 0.0700 e. The lowest BCUT2D eigenvalue weighted by Crippen LogP contribution is -2.40. The number of hydrogen-bond acceptors (Lipinski definition) is 2. The Hall–Kier alpha value is -0.0800. The Morgan fingerprint density at radius 2 is 2.07 bits per heavy atom. The topological polar surface area (TPSA) is 21.3 Å². The Bertz CT molecular complexity index is 169. The molecule has 1 saturated heterocycles. The minimum absolute atomic E-state index is 0.495. The standard InChI is InChI=1S/C12H23NO/c1-9(2)12(10-5-6-10)13-8-11-4-3-7-14-11/h9-13H,3-8H2,1-2H3. The lowest BCUT2D eigenvalue weighted by molar-refractivity contribution is 0.104. The van der Waals surface area contributed by atoms with Crippen LogP contribution in [0.4, 0.5) is 0 Å². The van der Waals surface area contributed by atoms with Gasteiger partial charge in [-0.25, -0.2) is 0 Å². The molecule has 1 heterocycles. The van der Waals surface area contributed by atoms with Crippen LogP contribution in [0.2, 0.25) is 0 Å². The maximum atomic E-state index is 5.62. The summed E-state index contributed by atoms with van der Waals surface area (Å²) in [5, 5.41) is 3.70. The van der Waals surface area contributed by atoms with Gasteiger partial charge in [-0.2, -0.15) is 0 Å². The monoisotopic (exact) mass is 197 g/mol. The number of rotatable bonds is 5. The molecule has 1 N–H and O–H groups in total. The molecule has 2 aliphatic rings. The average Bonchev–Trinajstić information content (AvgIpc) is 2.82. The van der Waals surface area contributed by atoms with Crippen LogP contribution in [0.15, 0.2) is 0 Å². The van der Waals surface area contributed by atoms with Crippen molar-refractivity contribution in [2.45, 2.75) is 51.7 Å². The molecule has 2 heteroatoms. The molecule has 1 aliphatic heterocycles. The summed E-state index contributed by atoms with van der Waals surface area (Å²) in [5.74, 6) is 1.72. The lowest BCUT2D eigenvalue weighted by atomic mass is 9.99. The van der Waals surface area contributed by atoms with E-state index in [1.165, 1.54) is 25.7 Å². The van der Waals surface area contributed by atoms with Gasteiger partial charge in [0.05, 0.1) is 6.10 Å². The highest BCUT2D eigenvalue weighted by molar-refractivity contribution is 4.89. The fourth-order valence-corrected chi connectivity index (χ4v) is 2.47. The van der Waals surface area contributed by atoms with Crippen molar-refractivity contribution < 1.29 is 4.74 Å². The summed E-state index contributed by atoms with van der Waals surface area (Å²) in [7, 11) is 0. The van der Waals surface area contributed by atoms with E-state index in [1.54, 1.807) is 0 Å². The normalized spacial score (nSPS) is 29.8. The van der Waals surface area contributed by atoms with Crippen molar-refractivity contribution in [2.24, 2.45) is 11.8 Å². The summed E-state index contributed by atoms with van der Waals surface area (Å²) >= 11 is 0. The van der Waals surface area contributed by atoms with Crippen LogP contribution in [0.5, 0.6) is 0 Å². The molecule has 2 atom stereocenters. The van der Waals surface area contributed by atoms with E-state index in [2.05, 4.69) is 19.2 Å². The first kappa shape index (κ1) is 10.4. The third kappa shape index (κ3) is 2.71. The SMILES string of the molecule is CC(C)C(NCC1CCCO1)C1CC1. The van der Waals surface area contributed by atoms with E-state index in [1.807, 2.05) is 0 Å². The fourth-order valence-electron chi connectivity index (χ4n) is 2.47. The molecule has 0 aromatic carbocycles. The molecule has 0 bridgehead atoms. The second kappa shape index (κ2) is 4.63. The van der Waals surface area contributed by atoms with Crippen molar-refractivity contribution in [3.05, 3.63) is 0 Å². The highest BCUT2D eigenvalue weighted by Crippen LogP contribution is 2.35. The van der Waals surface area contributed by atoms with E-state index in [0.717, 1.165) is 31.0 Å². The maximum absolute atomic E-state index is 5.62. The summed E-state index contributed by atoms with van der Waals surface area (Å²) in [6.45, 7) is 6.69. The van der Waals surface area contributed by atoms with Gasteiger partial charge in [0, 0.05) is 19.2 Å². The summed E-state index contributed by atoms with van der Waals surface area (Å²) in [6.07, 6.45) is 5.86. The lowest BCUT2D eigenvalue weighted by Gasteiger charge is -2.23. The first-order valence-corrected chi connectivity index (χ1v) is 6.12. The molecular formula is C12H23NO. The van der Waals surface area contributed by atoms with Crippen LogP contribution in [0.25, 0.3) is 0 Å². The summed E-state index contributed by atoms with van der Waals surface area (Å²) < 4.78 is 5.62. The van der Waals surface area contributed by atoms with Crippen molar-refractivity contribution in [3.8, 4) is 0 Å². The summed E-state index contributed by atoms with van der Waals surface area (Å²) in [4.78, 5) is 0. The number of nitrogens with one attached hydrogen (secondary N) is 1. The Morgan fingerprint density at radius 1 is 1.29 bits per heavy atom. The van der Waals surface area contributed by atoms with Crippen LogP contribution in [-0.4, -0.2) is 25.3 Å². The molecule has 2 unspecified atom stereocenters. The molecule has 2 nitrogen and oxygen atoms in total. The predicted octanol–water partition coefficient (Wildman–Crippen LogP) is 2.19. The molecule has 2 fully saturated rings. The Balaban J connectivity index is 1.70. The minimum Gasteiger partial charge on any atom is -0.377 e. The fraction of sp³-hybridized carbons (Fsp3) is 1.00. The molecule has 0 spiro atoms. The predicted molar refractivity (Wildman–Crippen MR) is 58.3 cm³/mol. The molecule has 14 heavy (non-hydrogen) atoms. The molecule has 1 saturated carbocycles. The van der Waals surface area contributed by atoms with E-state index in [9.17, 15) is 0 Å². The van der Waals surface area contributed by atoms with E-state index < -0.39 is 0 Å². The van der Waals surface area contributed by atoms with E-state index in [-0.39, 0.29) is 0 Å². The van der Waals surface area contributed by atoms with Crippen molar-refractivity contribution in [1.29, 1.82) is 0 Å². The Morgan fingerprint density at radius 3 is 2.57 bits per heavy atom. The molecule has 82 valence electrons. The van der Waals surface area contributed by atoms with E-state index in [0.29, 0.717) is 6.10 Å². The van der Waals surface area contributed by atoms with Crippen LogP contribution in [-0.2, 0) is 4.74 Å². The minimum atomic E-state index is 0.495. The summed E-state index contributed by atoms with van der Waals surface area (Å²) in [6, 6.07) is 0.735. The van der Waals surface area contributed by atoms with Gasteiger partial charge in [0.15, 0.2) is 0 Å². The average molecular weight is 197 g/mol. The molecule has 0 radical (unpaired) electrons. The molecular weight excluding hydrogens is 174 g/mol.